The van der Waals surface area contributed by atoms with Crippen molar-refractivity contribution in [2.45, 2.75) is 19.3 Å². The Bertz CT molecular complexity index is 472. The van der Waals surface area contributed by atoms with Crippen LogP contribution in [0.3, 0.4) is 0 Å². The van der Waals surface area contributed by atoms with Gasteiger partial charge in [0.1, 0.15) is 0 Å². The van der Waals surface area contributed by atoms with E-state index in [9.17, 15) is 9.59 Å². The average molecular weight is 282 g/mol. The molecule has 1 aromatic carbocycles. The molecule has 1 aliphatic rings. The number of piperidine rings is 1. The molecule has 4 nitrogen and oxygen atoms in total. The molecule has 1 N–H and O–H groups in total. The summed E-state index contributed by atoms with van der Waals surface area (Å²) in [5, 5.41) is 9.69. The lowest BCUT2D eigenvalue weighted by atomic mass is 9.97. The summed E-state index contributed by atoms with van der Waals surface area (Å²) in [6, 6.07) is 7.47. The number of rotatable bonds is 4. The third-order valence-electron chi connectivity index (χ3n) is 3.43. The molecular formula is C14H16ClNO3. The molecular weight excluding hydrogens is 266 g/mol. The fraction of sp³-hybridized carbons (Fsp3) is 0.429. The summed E-state index contributed by atoms with van der Waals surface area (Å²) in [6.45, 7) is 0.881. The number of aliphatic carboxylic acids is 1. The Morgan fingerprint density at radius 1 is 1.37 bits per heavy atom. The number of amides is 1. The van der Waals surface area contributed by atoms with E-state index in [-0.39, 0.29) is 5.91 Å². The minimum atomic E-state index is -0.816. The average Bonchev–Trinajstić information content (AvgIpc) is 2.39. The molecule has 0 aromatic heterocycles. The first-order valence-corrected chi connectivity index (χ1v) is 6.69. The fourth-order valence-corrected chi connectivity index (χ4v) is 2.37. The molecule has 1 aliphatic heterocycles. The number of hydrogen-bond donors (Lipinski definition) is 1. The highest BCUT2D eigenvalue weighted by Crippen LogP contribution is 2.18. The molecule has 1 unspecified atom stereocenters. The van der Waals surface area contributed by atoms with Crippen molar-refractivity contribution in [3.05, 3.63) is 34.9 Å². The van der Waals surface area contributed by atoms with E-state index in [4.69, 9.17) is 16.7 Å². The maximum Gasteiger partial charge on any atom is 0.308 e. The Hall–Kier alpha value is -1.55. The van der Waals surface area contributed by atoms with Gasteiger partial charge in [0.05, 0.1) is 5.92 Å². The normalized spacial score (nSPS) is 19.5. The van der Waals surface area contributed by atoms with Crippen LogP contribution in [0.4, 0.5) is 0 Å². The minimum Gasteiger partial charge on any atom is -0.481 e. The van der Waals surface area contributed by atoms with Gasteiger partial charge in [-0.1, -0.05) is 23.7 Å². The minimum absolute atomic E-state index is 0.0477. The molecule has 0 spiro atoms. The monoisotopic (exact) mass is 281 g/mol. The number of halogens is 1. The Kier molecular flexibility index (Phi) is 4.43. The second-order valence-corrected chi connectivity index (χ2v) is 5.23. The lowest BCUT2D eigenvalue weighted by Gasteiger charge is -2.30. The zero-order valence-corrected chi connectivity index (χ0v) is 11.3. The van der Waals surface area contributed by atoms with E-state index in [0.717, 1.165) is 12.0 Å². The Labute approximate surface area is 117 Å². The largest absolute Gasteiger partial charge is 0.481 e. The maximum absolute atomic E-state index is 11.7. The second kappa shape index (κ2) is 6.06. The van der Waals surface area contributed by atoms with Crippen LogP contribution in [0.5, 0.6) is 0 Å². The van der Waals surface area contributed by atoms with Crippen molar-refractivity contribution >= 4 is 23.5 Å². The van der Waals surface area contributed by atoms with E-state index in [1.165, 1.54) is 0 Å². The first-order valence-electron chi connectivity index (χ1n) is 6.31. The third kappa shape index (κ3) is 3.70. The van der Waals surface area contributed by atoms with Gasteiger partial charge in [0.2, 0.25) is 5.91 Å². The predicted molar refractivity (Wildman–Crippen MR) is 72.1 cm³/mol. The molecule has 0 radical (unpaired) electrons. The molecule has 1 atom stereocenters. The van der Waals surface area contributed by atoms with E-state index >= 15 is 0 Å². The maximum atomic E-state index is 11.7. The molecule has 0 aliphatic carbocycles. The molecule has 1 heterocycles. The number of carbonyl (C=O) groups excluding carboxylic acids is 1. The molecule has 5 heteroatoms. The van der Waals surface area contributed by atoms with Crippen LogP contribution < -0.4 is 0 Å². The van der Waals surface area contributed by atoms with Crippen LogP contribution in [-0.4, -0.2) is 35.0 Å². The molecule has 0 saturated carbocycles. The first-order chi connectivity index (χ1) is 9.06. The molecule has 102 valence electrons. The SMILES string of the molecule is O=C(O)C1CCC(=O)N(CCc2ccc(Cl)cc2)C1. The number of likely N-dealkylation sites (tertiary alicyclic amines) is 1. The van der Waals surface area contributed by atoms with Crippen LogP contribution >= 0.6 is 11.6 Å². The van der Waals surface area contributed by atoms with Crippen LogP contribution in [-0.2, 0) is 16.0 Å². The standard InChI is InChI=1S/C14H16ClNO3/c15-12-4-1-10(2-5-12)7-8-16-9-11(14(18)19)3-6-13(16)17/h1-2,4-5,11H,3,6-9H2,(H,18,19). The summed E-state index contributed by atoms with van der Waals surface area (Å²) in [7, 11) is 0. The van der Waals surface area contributed by atoms with E-state index in [1.807, 2.05) is 24.3 Å². The summed E-state index contributed by atoms with van der Waals surface area (Å²) >= 11 is 5.81. The number of benzene rings is 1. The summed E-state index contributed by atoms with van der Waals surface area (Å²) in [5.74, 6) is -1.20. The molecule has 0 bridgehead atoms. The van der Waals surface area contributed by atoms with Gasteiger partial charge in [0, 0.05) is 24.5 Å². The van der Waals surface area contributed by atoms with Gasteiger partial charge in [0.25, 0.3) is 0 Å². The predicted octanol–water partition coefficient (Wildman–Crippen LogP) is 2.21. The Morgan fingerprint density at radius 2 is 2.05 bits per heavy atom. The van der Waals surface area contributed by atoms with Crippen molar-refractivity contribution < 1.29 is 14.7 Å². The Morgan fingerprint density at radius 3 is 2.68 bits per heavy atom. The van der Waals surface area contributed by atoms with Crippen molar-refractivity contribution in [3.63, 3.8) is 0 Å². The van der Waals surface area contributed by atoms with Crippen molar-refractivity contribution in [1.29, 1.82) is 0 Å². The topological polar surface area (TPSA) is 57.6 Å². The number of carboxylic acids is 1. The first kappa shape index (κ1) is 13.9. The molecule has 1 saturated heterocycles. The van der Waals surface area contributed by atoms with E-state index < -0.39 is 11.9 Å². The zero-order chi connectivity index (χ0) is 13.8. The van der Waals surface area contributed by atoms with E-state index in [0.29, 0.717) is 31.0 Å². The number of nitrogens with zero attached hydrogens (tertiary/aromatic N) is 1. The quantitative estimate of drug-likeness (QED) is 0.920. The van der Waals surface area contributed by atoms with Crippen LogP contribution in [0.2, 0.25) is 5.02 Å². The molecule has 1 aromatic rings. The van der Waals surface area contributed by atoms with Gasteiger partial charge < -0.3 is 10.0 Å². The fourth-order valence-electron chi connectivity index (χ4n) is 2.25. The lowest BCUT2D eigenvalue weighted by Crippen LogP contribution is -2.43. The third-order valence-corrected chi connectivity index (χ3v) is 3.69. The molecule has 19 heavy (non-hydrogen) atoms. The summed E-state index contributed by atoms with van der Waals surface area (Å²) < 4.78 is 0. The smallest absolute Gasteiger partial charge is 0.308 e. The molecule has 2 rings (SSSR count). The van der Waals surface area contributed by atoms with Crippen molar-refractivity contribution in [2.24, 2.45) is 5.92 Å². The van der Waals surface area contributed by atoms with Gasteiger partial charge in [-0.3, -0.25) is 9.59 Å². The number of hydrogen-bond acceptors (Lipinski definition) is 2. The van der Waals surface area contributed by atoms with Crippen LogP contribution in [0.1, 0.15) is 18.4 Å². The summed E-state index contributed by atoms with van der Waals surface area (Å²) in [5.41, 5.74) is 1.09. The van der Waals surface area contributed by atoms with Crippen LogP contribution in [0, 0.1) is 5.92 Å². The Balaban J connectivity index is 1.92. The van der Waals surface area contributed by atoms with E-state index in [1.54, 1.807) is 4.90 Å². The van der Waals surface area contributed by atoms with Crippen LogP contribution in [0.15, 0.2) is 24.3 Å². The van der Waals surface area contributed by atoms with Gasteiger partial charge in [0.15, 0.2) is 0 Å². The highest BCUT2D eigenvalue weighted by atomic mass is 35.5. The van der Waals surface area contributed by atoms with Crippen molar-refractivity contribution in [2.75, 3.05) is 13.1 Å². The highest BCUT2D eigenvalue weighted by molar-refractivity contribution is 6.30. The number of carbonyl (C=O) groups is 2. The van der Waals surface area contributed by atoms with Gasteiger partial charge in [-0.2, -0.15) is 0 Å². The van der Waals surface area contributed by atoms with Crippen LogP contribution in [0.25, 0.3) is 0 Å². The summed E-state index contributed by atoms with van der Waals surface area (Å²) in [4.78, 5) is 24.4. The summed E-state index contributed by atoms with van der Waals surface area (Å²) in [6.07, 6.45) is 1.50. The zero-order valence-electron chi connectivity index (χ0n) is 10.5. The van der Waals surface area contributed by atoms with E-state index in [2.05, 4.69) is 0 Å². The second-order valence-electron chi connectivity index (χ2n) is 4.79. The highest BCUT2D eigenvalue weighted by Gasteiger charge is 2.29. The molecule has 1 fully saturated rings. The van der Waals surface area contributed by atoms with Gasteiger partial charge in [-0.25, -0.2) is 0 Å². The van der Waals surface area contributed by atoms with Gasteiger partial charge >= 0.3 is 5.97 Å². The lowest BCUT2D eigenvalue weighted by molar-refractivity contribution is -0.147. The van der Waals surface area contributed by atoms with Gasteiger partial charge in [-0.15, -0.1) is 0 Å². The van der Waals surface area contributed by atoms with Gasteiger partial charge in [-0.05, 0) is 30.5 Å². The van der Waals surface area contributed by atoms with Crippen molar-refractivity contribution in [1.82, 2.24) is 4.90 Å². The molecule has 1 amide bonds. The number of carboxylic acid groups (broad SMARTS) is 1. The van der Waals surface area contributed by atoms with Crippen molar-refractivity contribution in [3.8, 4) is 0 Å².